The van der Waals surface area contributed by atoms with Crippen molar-refractivity contribution in [2.24, 2.45) is 5.92 Å². The molecule has 2 rings (SSSR count). The minimum absolute atomic E-state index is 0.182. The summed E-state index contributed by atoms with van der Waals surface area (Å²) in [4.78, 5) is 12.2. The highest BCUT2D eigenvalue weighted by Crippen LogP contribution is 2.38. The van der Waals surface area contributed by atoms with Crippen molar-refractivity contribution < 1.29 is 13.6 Å². The minimum atomic E-state index is -2.63. The van der Waals surface area contributed by atoms with Gasteiger partial charge in [0.25, 0.3) is 0 Å². The molecule has 0 spiro atoms. The Morgan fingerprint density at radius 3 is 2.44 bits per heavy atom. The molecular formula is C13H12Cl2F2O. The number of carbonyl (C=O) groups is 1. The van der Waals surface area contributed by atoms with Crippen molar-refractivity contribution >= 4 is 29.0 Å². The predicted octanol–water partition coefficient (Wildman–Crippen LogP) is 5.00. The topological polar surface area (TPSA) is 17.1 Å². The summed E-state index contributed by atoms with van der Waals surface area (Å²) in [6.45, 7) is 0. The molecule has 0 amide bonds. The lowest BCUT2D eigenvalue weighted by Crippen LogP contribution is -2.28. The highest BCUT2D eigenvalue weighted by molar-refractivity contribution is 6.36. The minimum Gasteiger partial charge on any atom is -0.294 e. The van der Waals surface area contributed by atoms with Crippen molar-refractivity contribution in [2.75, 3.05) is 0 Å². The zero-order chi connectivity index (χ0) is 13.3. The van der Waals surface area contributed by atoms with Crippen molar-refractivity contribution in [1.29, 1.82) is 0 Å². The monoisotopic (exact) mass is 292 g/mol. The van der Waals surface area contributed by atoms with Crippen molar-refractivity contribution in [3.8, 4) is 0 Å². The molecule has 1 nitrogen and oxygen atoms in total. The van der Waals surface area contributed by atoms with Gasteiger partial charge in [0.2, 0.25) is 5.92 Å². The third-order valence-electron chi connectivity index (χ3n) is 3.28. The molecule has 1 aromatic rings. The van der Waals surface area contributed by atoms with E-state index in [4.69, 9.17) is 23.2 Å². The summed E-state index contributed by atoms with van der Waals surface area (Å²) in [6.07, 6.45) is -0.0630. The Kier molecular flexibility index (Phi) is 3.93. The quantitative estimate of drug-likeness (QED) is 0.701. The molecule has 1 saturated carbocycles. The maximum absolute atomic E-state index is 13.0. The van der Waals surface area contributed by atoms with Crippen LogP contribution in [0, 0.1) is 5.92 Å². The first-order valence-corrected chi connectivity index (χ1v) is 6.52. The molecule has 5 heteroatoms. The van der Waals surface area contributed by atoms with Crippen molar-refractivity contribution in [3.63, 3.8) is 0 Å². The smallest absolute Gasteiger partial charge is 0.248 e. The van der Waals surface area contributed by atoms with E-state index in [1.54, 1.807) is 12.1 Å². The average molecular weight is 293 g/mol. The van der Waals surface area contributed by atoms with E-state index in [0.29, 0.717) is 15.6 Å². The van der Waals surface area contributed by atoms with Crippen LogP contribution in [-0.4, -0.2) is 11.7 Å². The van der Waals surface area contributed by atoms with Gasteiger partial charge in [0.1, 0.15) is 0 Å². The Bertz CT molecular complexity index is 464. The van der Waals surface area contributed by atoms with Crippen LogP contribution in [0.1, 0.15) is 36.0 Å². The fourth-order valence-corrected chi connectivity index (χ4v) is 2.59. The number of alkyl halides is 2. The molecule has 0 N–H and O–H groups in total. The molecule has 0 heterocycles. The summed E-state index contributed by atoms with van der Waals surface area (Å²) < 4.78 is 26.1. The third kappa shape index (κ3) is 3.01. The van der Waals surface area contributed by atoms with Crippen molar-refractivity contribution in [3.05, 3.63) is 33.8 Å². The number of Topliss-reactive ketones (excluding diaryl/α,β-unsaturated/α-hetero) is 1. The van der Waals surface area contributed by atoms with Crippen LogP contribution in [0.4, 0.5) is 8.78 Å². The van der Waals surface area contributed by atoms with Gasteiger partial charge in [-0.15, -0.1) is 0 Å². The molecule has 0 radical (unpaired) electrons. The number of halogens is 4. The molecular weight excluding hydrogens is 281 g/mol. The van der Waals surface area contributed by atoms with Crippen LogP contribution >= 0.6 is 23.2 Å². The number of rotatable bonds is 2. The van der Waals surface area contributed by atoms with E-state index >= 15 is 0 Å². The summed E-state index contributed by atoms with van der Waals surface area (Å²) in [6, 6.07) is 4.64. The van der Waals surface area contributed by atoms with Gasteiger partial charge in [-0.1, -0.05) is 23.2 Å². The van der Waals surface area contributed by atoms with Crippen LogP contribution in [0.15, 0.2) is 18.2 Å². The second-order valence-corrected chi connectivity index (χ2v) is 5.46. The first kappa shape index (κ1) is 13.8. The zero-order valence-electron chi connectivity index (χ0n) is 9.56. The molecule has 0 saturated heterocycles. The summed E-state index contributed by atoms with van der Waals surface area (Å²) in [5.41, 5.74) is 0.333. The van der Waals surface area contributed by atoms with Crippen LogP contribution in [0.2, 0.25) is 10.0 Å². The lowest BCUT2D eigenvalue weighted by atomic mass is 9.82. The first-order valence-electron chi connectivity index (χ1n) is 5.76. The van der Waals surface area contributed by atoms with Gasteiger partial charge in [0.15, 0.2) is 5.78 Å². The Morgan fingerprint density at radius 1 is 1.22 bits per heavy atom. The second kappa shape index (κ2) is 5.14. The lowest BCUT2D eigenvalue weighted by Gasteiger charge is -2.27. The summed E-state index contributed by atoms with van der Waals surface area (Å²) in [5, 5.41) is 0.741. The second-order valence-electron chi connectivity index (χ2n) is 4.62. The maximum Gasteiger partial charge on any atom is 0.248 e. The molecule has 0 atom stereocenters. The van der Waals surface area contributed by atoms with Gasteiger partial charge in [0, 0.05) is 29.3 Å². The highest BCUT2D eigenvalue weighted by atomic mass is 35.5. The van der Waals surface area contributed by atoms with E-state index < -0.39 is 5.92 Å². The summed E-state index contributed by atoms with van der Waals surface area (Å²) >= 11 is 11.8. The number of hydrogen-bond acceptors (Lipinski definition) is 1. The Labute approximate surface area is 114 Å². The van der Waals surface area contributed by atoms with E-state index in [1.165, 1.54) is 6.07 Å². The van der Waals surface area contributed by atoms with Crippen molar-refractivity contribution in [1.82, 2.24) is 0 Å². The maximum atomic E-state index is 13.0. The molecule has 98 valence electrons. The number of benzene rings is 1. The van der Waals surface area contributed by atoms with E-state index in [-0.39, 0.29) is 37.4 Å². The van der Waals surface area contributed by atoms with Gasteiger partial charge in [-0.05, 0) is 31.0 Å². The van der Waals surface area contributed by atoms with E-state index in [2.05, 4.69) is 0 Å². The molecule has 1 aliphatic rings. The Balaban J connectivity index is 2.15. The zero-order valence-corrected chi connectivity index (χ0v) is 11.1. The molecule has 1 fully saturated rings. The number of ketones is 1. The molecule has 1 aliphatic carbocycles. The number of hydrogen-bond donors (Lipinski definition) is 0. The Hall–Kier alpha value is -0.670. The fourth-order valence-electron chi connectivity index (χ4n) is 2.21. The first-order chi connectivity index (χ1) is 8.39. The molecule has 0 aliphatic heterocycles. The standard InChI is InChI=1S/C13H12Cl2F2O/c14-9-1-2-11(15)10(7-9)12(18)8-3-5-13(16,17)6-4-8/h1-2,7-8H,3-6H2. The third-order valence-corrected chi connectivity index (χ3v) is 3.85. The largest absolute Gasteiger partial charge is 0.294 e. The van der Waals surface area contributed by atoms with E-state index in [1.807, 2.05) is 0 Å². The van der Waals surface area contributed by atoms with Crippen LogP contribution in [0.25, 0.3) is 0 Å². The normalized spacial score (nSPS) is 19.8. The molecule has 0 unspecified atom stereocenters. The van der Waals surface area contributed by atoms with Crippen LogP contribution in [-0.2, 0) is 0 Å². The van der Waals surface area contributed by atoms with Gasteiger partial charge in [-0.25, -0.2) is 8.78 Å². The predicted molar refractivity (Wildman–Crippen MR) is 67.7 cm³/mol. The van der Waals surface area contributed by atoms with Crippen LogP contribution in [0.5, 0.6) is 0 Å². The van der Waals surface area contributed by atoms with Gasteiger partial charge in [-0.2, -0.15) is 0 Å². The van der Waals surface area contributed by atoms with Gasteiger partial charge in [-0.3, -0.25) is 4.79 Å². The van der Waals surface area contributed by atoms with Gasteiger partial charge in [0.05, 0.1) is 5.02 Å². The molecule has 1 aromatic carbocycles. The number of carbonyl (C=O) groups excluding carboxylic acids is 1. The van der Waals surface area contributed by atoms with Crippen LogP contribution in [0.3, 0.4) is 0 Å². The summed E-state index contributed by atoms with van der Waals surface area (Å²) in [5.74, 6) is -3.19. The average Bonchev–Trinajstić information content (AvgIpc) is 2.31. The lowest BCUT2D eigenvalue weighted by molar-refractivity contribution is -0.0424. The molecule has 0 bridgehead atoms. The Morgan fingerprint density at radius 2 is 1.83 bits per heavy atom. The van der Waals surface area contributed by atoms with Crippen LogP contribution < -0.4 is 0 Å². The van der Waals surface area contributed by atoms with Crippen molar-refractivity contribution in [2.45, 2.75) is 31.6 Å². The summed E-state index contributed by atoms with van der Waals surface area (Å²) in [7, 11) is 0. The molecule has 18 heavy (non-hydrogen) atoms. The fraction of sp³-hybridized carbons (Fsp3) is 0.462. The van der Waals surface area contributed by atoms with Gasteiger partial charge < -0.3 is 0 Å². The van der Waals surface area contributed by atoms with E-state index in [0.717, 1.165) is 0 Å². The SMILES string of the molecule is O=C(c1cc(Cl)ccc1Cl)C1CCC(F)(F)CC1. The van der Waals surface area contributed by atoms with Gasteiger partial charge >= 0.3 is 0 Å². The molecule has 0 aromatic heterocycles. The van der Waals surface area contributed by atoms with E-state index in [9.17, 15) is 13.6 Å². The highest BCUT2D eigenvalue weighted by Gasteiger charge is 2.37.